The Hall–Kier alpha value is -2.94. The number of rotatable bonds is 1. The number of nitrogens with one attached hydrogen (secondary N) is 1. The number of hydrogen-bond acceptors (Lipinski definition) is 2. The van der Waals surface area contributed by atoms with E-state index in [0.717, 1.165) is 32.9 Å². The smallest absolute Gasteiger partial charge is 0.123 e. The van der Waals surface area contributed by atoms with Crippen molar-refractivity contribution in [1.82, 2.24) is 4.98 Å². The van der Waals surface area contributed by atoms with Crippen LogP contribution in [0.4, 0.5) is 5.69 Å². The molecule has 0 bridgehead atoms. The molecule has 0 atom stereocenters. The van der Waals surface area contributed by atoms with E-state index >= 15 is 0 Å². The predicted octanol–water partition coefficient (Wildman–Crippen LogP) is 4.28. The number of fused-ring (bicyclic) bond motifs is 3. The molecule has 0 amide bonds. The first kappa shape index (κ1) is 11.9. The van der Waals surface area contributed by atoms with Crippen LogP contribution in [0.15, 0.2) is 60.7 Å². The van der Waals surface area contributed by atoms with Gasteiger partial charge >= 0.3 is 0 Å². The number of phenols is 1. The summed E-state index contributed by atoms with van der Waals surface area (Å²) in [6, 6.07) is 19.3. The Labute approximate surface area is 121 Å². The molecule has 102 valence electrons. The molecule has 0 unspecified atom stereocenters. The van der Waals surface area contributed by atoms with E-state index in [0.29, 0.717) is 5.69 Å². The fraction of sp³-hybridized carbons (Fsp3) is 0. The highest BCUT2D eigenvalue weighted by atomic mass is 16.3. The maximum absolute atomic E-state index is 10.0. The van der Waals surface area contributed by atoms with E-state index in [1.54, 1.807) is 6.07 Å². The highest BCUT2D eigenvalue weighted by molar-refractivity contribution is 6.14. The van der Waals surface area contributed by atoms with Crippen molar-refractivity contribution in [2.75, 3.05) is 5.73 Å². The minimum absolute atomic E-state index is 0.257. The minimum atomic E-state index is 0.257. The summed E-state index contributed by atoms with van der Waals surface area (Å²) in [4.78, 5) is 3.39. The Morgan fingerprint density at radius 1 is 0.857 bits per heavy atom. The molecule has 0 radical (unpaired) electrons. The molecule has 0 aliphatic carbocycles. The first-order chi connectivity index (χ1) is 10.2. The van der Waals surface area contributed by atoms with Gasteiger partial charge < -0.3 is 15.8 Å². The number of phenolic OH excluding ortho intramolecular Hbond substituents is 1. The van der Waals surface area contributed by atoms with Crippen molar-refractivity contribution in [3.05, 3.63) is 60.7 Å². The summed E-state index contributed by atoms with van der Waals surface area (Å²) in [6.45, 7) is 0. The molecule has 4 rings (SSSR count). The van der Waals surface area contributed by atoms with Crippen LogP contribution in [0.5, 0.6) is 5.75 Å². The second-order valence-corrected chi connectivity index (χ2v) is 5.18. The summed E-state index contributed by atoms with van der Waals surface area (Å²) in [5.41, 5.74) is 10.7. The molecule has 0 aliphatic rings. The van der Waals surface area contributed by atoms with Crippen molar-refractivity contribution in [3.63, 3.8) is 0 Å². The highest BCUT2D eigenvalue weighted by Crippen LogP contribution is 2.36. The van der Waals surface area contributed by atoms with E-state index in [4.69, 9.17) is 5.73 Å². The van der Waals surface area contributed by atoms with Crippen LogP contribution in [-0.4, -0.2) is 10.1 Å². The molecule has 4 aromatic rings. The van der Waals surface area contributed by atoms with Gasteiger partial charge in [0.05, 0.1) is 0 Å². The summed E-state index contributed by atoms with van der Waals surface area (Å²) in [5.74, 6) is 0.257. The van der Waals surface area contributed by atoms with Gasteiger partial charge in [-0.3, -0.25) is 0 Å². The summed E-state index contributed by atoms with van der Waals surface area (Å²) in [5, 5.41) is 12.2. The Bertz CT molecular complexity index is 969. The topological polar surface area (TPSA) is 62.0 Å². The van der Waals surface area contributed by atoms with E-state index in [1.807, 2.05) is 48.5 Å². The number of aromatic hydroxyl groups is 1. The van der Waals surface area contributed by atoms with E-state index in [1.165, 1.54) is 0 Å². The van der Waals surface area contributed by atoms with Gasteiger partial charge in [0.25, 0.3) is 0 Å². The third kappa shape index (κ3) is 1.75. The minimum Gasteiger partial charge on any atom is -0.507 e. The van der Waals surface area contributed by atoms with E-state index in [2.05, 4.69) is 11.1 Å². The maximum atomic E-state index is 10.0. The number of aromatic amines is 1. The fourth-order valence-corrected chi connectivity index (χ4v) is 2.89. The third-order valence-corrected chi connectivity index (χ3v) is 3.85. The normalized spacial score (nSPS) is 11.2. The zero-order chi connectivity index (χ0) is 14.4. The van der Waals surface area contributed by atoms with Crippen LogP contribution < -0.4 is 5.73 Å². The van der Waals surface area contributed by atoms with Crippen LogP contribution in [0.2, 0.25) is 0 Å². The second-order valence-electron chi connectivity index (χ2n) is 5.18. The number of para-hydroxylation sites is 2. The molecule has 3 aromatic carbocycles. The molecule has 0 saturated heterocycles. The van der Waals surface area contributed by atoms with E-state index in [-0.39, 0.29) is 5.75 Å². The largest absolute Gasteiger partial charge is 0.507 e. The lowest BCUT2D eigenvalue weighted by molar-refractivity contribution is 0.477. The molecule has 0 fully saturated rings. The van der Waals surface area contributed by atoms with Crippen molar-refractivity contribution in [2.45, 2.75) is 0 Å². The molecular weight excluding hydrogens is 260 g/mol. The van der Waals surface area contributed by atoms with E-state index in [9.17, 15) is 5.11 Å². The van der Waals surface area contributed by atoms with Crippen LogP contribution in [0, 0.1) is 0 Å². The van der Waals surface area contributed by atoms with Gasteiger partial charge in [0.1, 0.15) is 5.75 Å². The number of hydrogen-bond donors (Lipinski definition) is 3. The SMILES string of the molecule is Nc1cc(-c2ccccc2O)cc2[nH]c3ccccc3c12. The standard InChI is InChI=1S/C18H14N2O/c19-14-9-11(12-5-2-4-8-17(12)21)10-16-18(14)13-6-1-3-7-15(13)20-16/h1-10,20-21H,19H2. The number of aromatic nitrogens is 1. The van der Waals surface area contributed by atoms with Crippen molar-refractivity contribution < 1.29 is 5.11 Å². The number of H-pyrrole nitrogens is 1. The fourth-order valence-electron chi connectivity index (χ4n) is 2.89. The van der Waals surface area contributed by atoms with Crippen molar-refractivity contribution >= 4 is 27.5 Å². The van der Waals surface area contributed by atoms with Gasteiger partial charge in [0, 0.05) is 33.1 Å². The van der Waals surface area contributed by atoms with Crippen LogP contribution >= 0.6 is 0 Å². The van der Waals surface area contributed by atoms with Gasteiger partial charge in [-0.1, -0.05) is 36.4 Å². The Kier molecular flexibility index (Phi) is 2.42. The molecule has 4 N–H and O–H groups in total. The molecular formula is C18H14N2O. The van der Waals surface area contributed by atoms with Gasteiger partial charge in [-0.2, -0.15) is 0 Å². The second kappa shape index (κ2) is 4.28. The predicted molar refractivity (Wildman–Crippen MR) is 87.3 cm³/mol. The van der Waals surface area contributed by atoms with Crippen LogP contribution in [0.3, 0.4) is 0 Å². The van der Waals surface area contributed by atoms with Gasteiger partial charge in [-0.25, -0.2) is 0 Å². The average molecular weight is 274 g/mol. The number of benzene rings is 3. The maximum Gasteiger partial charge on any atom is 0.123 e. The summed E-state index contributed by atoms with van der Waals surface area (Å²) >= 11 is 0. The van der Waals surface area contributed by atoms with Gasteiger partial charge in [0.2, 0.25) is 0 Å². The van der Waals surface area contributed by atoms with Gasteiger partial charge in [0.15, 0.2) is 0 Å². The zero-order valence-corrected chi connectivity index (χ0v) is 11.3. The third-order valence-electron chi connectivity index (χ3n) is 3.85. The lowest BCUT2D eigenvalue weighted by Crippen LogP contribution is -1.88. The van der Waals surface area contributed by atoms with Crippen molar-refractivity contribution in [2.24, 2.45) is 0 Å². The quantitative estimate of drug-likeness (QED) is 0.454. The van der Waals surface area contributed by atoms with Crippen molar-refractivity contribution in [1.29, 1.82) is 0 Å². The Morgan fingerprint density at radius 3 is 2.48 bits per heavy atom. The summed E-state index contributed by atoms with van der Waals surface area (Å²) < 4.78 is 0. The number of nitrogen functional groups attached to an aromatic ring is 1. The lowest BCUT2D eigenvalue weighted by atomic mass is 10.0. The monoisotopic (exact) mass is 274 g/mol. The van der Waals surface area contributed by atoms with Crippen LogP contribution in [-0.2, 0) is 0 Å². The molecule has 0 aliphatic heterocycles. The molecule has 21 heavy (non-hydrogen) atoms. The van der Waals surface area contributed by atoms with Crippen LogP contribution in [0.25, 0.3) is 32.9 Å². The highest BCUT2D eigenvalue weighted by Gasteiger charge is 2.11. The first-order valence-electron chi connectivity index (χ1n) is 6.82. The Morgan fingerprint density at radius 2 is 1.62 bits per heavy atom. The molecule has 0 spiro atoms. The Balaban J connectivity index is 2.06. The van der Waals surface area contributed by atoms with Gasteiger partial charge in [-0.05, 0) is 29.8 Å². The molecule has 3 heteroatoms. The van der Waals surface area contributed by atoms with Crippen molar-refractivity contribution in [3.8, 4) is 16.9 Å². The summed E-state index contributed by atoms with van der Waals surface area (Å²) in [6.07, 6.45) is 0. The molecule has 3 nitrogen and oxygen atoms in total. The van der Waals surface area contributed by atoms with E-state index < -0.39 is 0 Å². The van der Waals surface area contributed by atoms with Crippen LogP contribution in [0.1, 0.15) is 0 Å². The first-order valence-corrected chi connectivity index (χ1v) is 6.82. The number of anilines is 1. The summed E-state index contributed by atoms with van der Waals surface area (Å²) in [7, 11) is 0. The molecule has 1 heterocycles. The average Bonchev–Trinajstić information content (AvgIpc) is 2.86. The zero-order valence-electron chi connectivity index (χ0n) is 11.3. The van der Waals surface area contributed by atoms with Gasteiger partial charge in [-0.15, -0.1) is 0 Å². The molecule has 0 saturated carbocycles. The lowest BCUT2D eigenvalue weighted by Gasteiger charge is -2.07. The molecule has 1 aromatic heterocycles. The number of nitrogens with two attached hydrogens (primary N) is 1.